The Hall–Kier alpha value is -0.480. The summed E-state index contributed by atoms with van der Waals surface area (Å²) in [5, 5.41) is 9.17. The van der Waals surface area contributed by atoms with Crippen molar-refractivity contribution in [1.82, 2.24) is 0 Å². The maximum Gasteiger partial charge on any atom is 0.114 e. The van der Waals surface area contributed by atoms with Crippen molar-refractivity contribution in [3.05, 3.63) is 0 Å². The Balaban J connectivity index is 2.20. The summed E-state index contributed by atoms with van der Waals surface area (Å²) in [7, 11) is 0. The van der Waals surface area contributed by atoms with Crippen LogP contribution < -0.4 is 0 Å². The molecule has 0 aromatic rings. The molecule has 0 saturated heterocycles. The van der Waals surface area contributed by atoms with E-state index in [0.717, 1.165) is 6.42 Å². The first-order valence-electron chi connectivity index (χ1n) is 4.47. The minimum absolute atomic E-state index is 0.502. The summed E-state index contributed by atoms with van der Waals surface area (Å²) in [5.74, 6) is 3.06. The maximum atomic E-state index is 9.17. The molecule has 1 nitrogen and oxygen atoms in total. The van der Waals surface area contributed by atoms with E-state index in [-0.39, 0.29) is 0 Å². The summed E-state index contributed by atoms with van der Waals surface area (Å²) in [5.41, 5.74) is 0. The lowest BCUT2D eigenvalue weighted by atomic mass is 9.85. The molecule has 1 fully saturated rings. The van der Waals surface area contributed by atoms with E-state index < -0.39 is 6.10 Å². The van der Waals surface area contributed by atoms with Crippen molar-refractivity contribution in [2.75, 3.05) is 0 Å². The molecule has 1 saturated carbocycles. The number of terminal acetylenes is 1. The van der Waals surface area contributed by atoms with Gasteiger partial charge in [0.2, 0.25) is 0 Å². The second kappa shape index (κ2) is 4.41. The molecule has 0 unspecified atom stereocenters. The van der Waals surface area contributed by atoms with E-state index in [1.165, 1.54) is 32.1 Å². The second-order valence-corrected chi connectivity index (χ2v) is 3.42. The topological polar surface area (TPSA) is 20.2 Å². The lowest BCUT2D eigenvalue weighted by Crippen LogP contribution is -2.14. The molecule has 0 amide bonds. The number of rotatable bonds is 2. The van der Waals surface area contributed by atoms with Gasteiger partial charge in [0.1, 0.15) is 6.10 Å². The molecule has 0 spiro atoms. The van der Waals surface area contributed by atoms with Gasteiger partial charge in [-0.05, 0) is 12.3 Å². The Morgan fingerprint density at radius 2 is 2.00 bits per heavy atom. The molecule has 1 heteroatoms. The molecule has 1 aliphatic rings. The number of aliphatic hydroxyl groups is 1. The smallest absolute Gasteiger partial charge is 0.114 e. The molecule has 0 bridgehead atoms. The van der Waals surface area contributed by atoms with Gasteiger partial charge in [-0.25, -0.2) is 0 Å². The zero-order chi connectivity index (χ0) is 8.10. The predicted molar refractivity (Wildman–Crippen MR) is 46.0 cm³/mol. The number of hydrogen-bond acceptors (Lipinski definition) is 1. The fourth-order valence-electron chi connectivity index (χ4n) is 1.81. The van der Waals surface area contributed by atoms with Crippen LogP contribution >= 0.6 is 0 Å². The van der Waals surface area contributed by atoms with E-state index in [0.29, 0.717) is 5.92 Å². The van der Waals surface area contributed by atoms with Gasteiger partial charge in [0, 0.05) is 0 Å². The van der Waals surface area contributed by atoms with Crippen LogP contribution in [-0.4, -0.2) is 11.2 Å². The van der Waals surface area contributed by atoms with Crippen LogP contribution in [0.5, 0.6) is 0 Å². The normalized spacial score (nSPS) is 22.5. The zero-order valence-electron chi connectivity index (χ0n) is 6.92. The average Bonchev–Trinajstić information content (AvgIpc) is 2.06. The first-order valence-corrected chi connectivity index (χ1v) is 4.47. The summed E-state index contributed by atoms with van der Waals surface area (Å²) < 4.78 is 0. The first kappa shape index (κ1) is 8.62. The van der Waals surface area contributed by atoms with Gasteiger partial charge in [0.15, 0.2) is 0 Å². The summed E-state index contributed by atoms with van der Waals surface area (Å²) in [6.07, 6.45) is 11.9. The molecule has 1 N–H and O–H groups in total. The molecule has 0 aliphatic heterocycles. The van der Waals surface area contributed by atoms with Crippen LogP contribution in [0.25, 0.3) is 0 Å². The van der Waals surface area contributed by atoms with Crippen LogP contribution in [0.15, 0.2) is 0 Å². The Kier molecular flexibility index (Phi) is 3.45. The van der Waals surface area contributed by atoms with Gasteiger partial charge in [-0.15, -0.1) is 6.42 Å². The number of hydrogen-bond donors (Lipinski definition) is 1. The predicted octanol–water partition coefficient (Wildman–Crippen LogP) is 1.95. The van der Waals surface area contributed by atoms with Gasteiger partial charge in [-0.3, -0.25) is 0 Å². The third-order valence-corrected chi connectivity index (χ3v) is 2.47. The van der Waals surface area contributed by atoms with E-state index in [2.05, 4.69) is 5.92 Å². The second-order valence-electron chi connectivity index (χ2n) is 3.42. The quantitative estimate of drug-likeness (QED) is 0.600. The lowest BCUT2D eigenvalue weighted by molar-refractivity contribution is 0.178. The molecule has 0 heterocycles. The highest BCUT2D eigenvalue weighted by Gasteiger charge is 2.15. The van der Waals surface area contributed by atoms with E-state index in [4.69, 9.17) is 6.42 Å². The van der Waals surface area contributed by atoms with Crippen LogP contribution in [0.4, 0.5) is 0 Å². The molecule has 1 rings (SSSR count). The SMILES string of the molecule is C#C[C@@H](O)CC1CCCCC1. The summed E-state index contributed by atoms with van der Waals surface area (Å²) in [6, 6.07) is 0. The van der Waals surface area contributed by atoms with Gasteiger partial charge in [0.25, 0.3) is 0 Å². The Bertz CT molecular complexity index is 139. The van der Waals surface area contributed by atoms with Gasteiger partial charge in [-0.1, -0.05) is 38.0 Å². The van der Waals surface area contributed by atoms with Gasteiger partial charge in [-0.2, -0.15) is 0 Å². The summed E-state index contributed by atoms with van der Waals surface area (Å²) >= 11 is 0. The van der Waals surface area contributed by atoms with Crippen molar-refractivity contribution < 1.29 is 5.11 Å². The Morgan fingerprint density at radius 1 is 1.36 bits per heavy atom. The minimum Gasteiger partial charge on any atom is -0.380 e. The average molecular weight is 152 g/mol. The Morgan fingerprint density at radius 3 is 2.55 bits per heavy atom. The third kappa shape index (κ3) is 2.95. The van der Waals surface area contributed by atoms with Crippen LogP contribution in [-0.2, 0) is 0 Å². The lowest BCUT2D eigenvalue weighted by Gasteiger charge is -2.21. The monoisotopic (exact) mass is 152 g/mol. The molecule has 62 valence electrons. The third-order valence-electron chi connectivity index (χ3n) is 2.47. The molecular weight excluding hydrogens is 136 g/mol. The fourth-order valence-corrected chi connectivity index (χ4v) is 1.81. The van der Waals surface area contributed by atoms with Crippen molar-refractivity contribution >= 4 is 0 Å². The molecule has 1 aliphatic carbocycles. The van der Waals surface area contributed by atoms with Crippen LogP contribution in [0.1, 0.15) is 38.5 Å². The highest BCUT2D eigenvalue weighted by Crippen LogP contribution is 2.26. The summed E-state index contributed by atoms with van der Waals surface area (Å²) in [6.45, 7) is 0. The number of aliphatic hydroxyl groups excluding tert-OH is 1. The highest BCUT2D eigenvalue weighted by molar-refractivity contribution is 4.94. The van der Waals surface area contributed by atoms with E-state index in [1.807, 2.05) is 0 Å². The van der Waals surface area contributed by atoms with Crippen molar-refractivity contribution in [3.8, 4) is 12.3 Å². The maximum absolute atomic E-state index is 9.17. The molecular formula is C10H16O. The standard InChI is InChI=1S/C10H16O/c1-2-10(11)8-9-6-4-3-5-7-9/h1,9-11H,3-8H2/t10-/m1/s1. The van der Waals surface area contributed by atoms with Gasteiger partial charge >= 0.3 is 0 Å². The van der Waals surface area contributed by atoms with Crippen molar-refractivity contribution in [2.45, 2.75) is 44.6 Å². The van der Waals surface area contributed by atoms with E-state index in [9.17, 15) is 5.11 Å². The van der Waals surface area contributed by atoms with Crippen LogP contribution in [0.3, 0.4) is 0 Å². The minimum atomic E-state index is -0.502. The molecule has 0 radical (unpaired) electrons. The van der Waals surface area contributed by atoms with Crippen LogP contribution in [0.2, 0.25) is 0 Å². The van der Waals surface area contributed by atoms with E-state index in [1.54, 1.807) is 0 Å². The van der Waals surface area contributed by atoms with Crippen molar-refractivity contribution in [1.29, 1.82) is 0 Å². The largest absolute Gasteiger partial charge is 0.380 e. The molecule has 11 heavy (non-hydrogen) atoms. The van der Waals surface area contributed by atoms with Crippen LogP contribution in [0, 0.1) is 18.3 Å². The fraction of sp³-hybridized carbons (Fsp3) is 0.800. The van der Waals surface area contributed by atoms with Gasteiger partial charge in [0.05, 0.1) is 0 Å². The highest BCUT2D eigenvalue weighted by atomic mass is 16.3. The molecule has 1 atom stereocenters. The molecule has 0 aromatic carbocycles. The van der Waals surface area contributed by atoms with Gasteiger partial charge < -0.3 is 5.11 Å². The molecule has 0 aromatic heterocycles. The summed E-state index contributed by atoms with van der Waals surface area (Å²) in [4.78, 5) is 0. The van der Waals surface area contributed by atoms with Crippen molar-refractivity contribution in [3.63, 3.8) is 0 Å². The van der Waals surface area contributed by atoms with E-state index >= 15 is 0 Å². The zero-order valence-corrected chi connectivity index (χ0v) is 6.92. The van der Waals surface area contributed by atoms with Crippen molar-refractivity contribution in [2.24, 2.45) is 5.92 Å². The first-order chi connectivity index (χ1) is 5.33. The Labute approximate surface area is 68.8 Å².